The molecular formula is C22H27ClN2O4S. The molecule has 1 saturated heterocycles. The van der Waals surface area contributed by atoms with Gasteiger partial charge in [-0.2, -0.15) is 4.98 Å². The minimum Gasteiger partial charge on any atom is -0.472 e. The molecule has 0 saturated carbocycles. The predicted molar refractivity (Wildman–Crippen MR) is 118 cm³/mol. The Morgan fingerprint density at radius 2 is 1.97 bits per heavy atom. The van der Waals surface area contributed by atoms with Crippen molar-refractivity contribution in [1.82, 2.24) is 9.88 Å². The summed E-state index contributed by atoms with van der Waals surface area (Å²) in [6.07, 6.45) is 1.15. The molecule has 0 radical (unpaired) electrons. The van der Waals surface area contributed by atoms with E-state index in [1.54, 1.807) is 0 Å². The molecule has 1 amide bonds. The quantitative estimate of drug-likeness (QED) is 0.569. The molecule has 2 unspecified atom stereocenters. The van der Waals surface area contributed by atoms with Gasteiger partial charge in [0.25, 0.3) is 5.19 Å². The molecule has 0 N–H and O–H groups in total. The Morgan fingerprint density at radius 1 is 1.27 bits per heavy atom. The minimum absolute atomic E-state index is 0.0160. The molecule has 0 bridgehead atoms. The lowest BCUT2D eigenvalue weighted by Gasteiger charge is -2.42. The predicted octanol–water partition coefficient (Wildman–Crippen LogP) is 5.91. The van der Waals surface area contributed by atoms with E-state index in [2.05, 4.69) is 4.98 Å². The number of aromatic nitrogens is 1. The van der Waals surface area contributed by atoms with Crippen LogP contribution in [0.4, 0.5) is 4.79 Å². The molecular weight excluding hydrogens is 424 g/mol. The highest BCUT2D eigenvalue weighted by atomic mass is 35.5. The third-order valence-corrected chi connectivity index (χ3v) is 6.48. The first kappa shape index (κ1) is 21.2. The second-order valence-corrected chi connectivity index (χ2v) is 10.4. The number of likely N-dealkylation sites (tertiary alicyclic amines) is 1. The Labute approximate surface area is 186 Å². The standard InChI is InChI=1S/C22H27ClN2O4S/c1-12-8-16(9-13(2)25(12)21(26)29-22(3,4)5)28-20-24-19-18(30-20)17-7-6-15(23)10-14(17)11-27-19/h6-7,10,12-13,16H,8-9,11H2,1-5H3. The Morgan fingerprint density at radius 3 is 2.63 bits per heavy atom. The average Bonchev–Trinajstić information content (AvgIpc) is 3.01. The third kappa shape index (κ3) is 4.37. The lowest BCUT2D eigenvalue weighted by atomic mass is 9.95. The first-order chi connectivity index (χ1) is 14.1. The summed E-state index contributed by atoms with van der Waals surface area (Å²) in [6, 6.07) is 5.84. The van der Waals surface area contributed by atoms with E-state index >= 15 is 0 Å². The summed E-state index contributed by atoms with van der Waals surface area (Å²) in [5.41, 5.74) is 1.64. The zero-order valence-corrected chi connectivity index (χ0v) is 19.5. The number of piperidine rings is 1. The minimum atomic E-state index is -0.510. The normalized spacial score (nSPS) is 23.3. The van der Waals surface area contributed by atoms with Gasteiger partial charge in [-0.1, -0.05) is 29.0 Å². The van der Waals surface area contributed by atoms with Crippen LogP contribution in [-0.2, 0) is 11.3 Å². The van der Waals surface area contributed by atoms with Crippen LogP contribution in [-0.4, -0.2) is 39.8 Å². The van der Waals surface area contributed by atoms with Crippen molar-refractivity contribution in [2.75, 3.05) is 0 Å². The number of hydrogen-bond acceptors (Lipinski definition) is 6. The van der Waals surface area contributed by atoms with Crippen LogP contribution in [0.2, 0.25) is 5.02 Å². The van der Waals surface area contributed by atoms with E-state index in [4.69, 9.17) is 25.8 Å². The van der Waals surface area contributed by atoms with E-state index in [-0.39, 0.29) is 24.3 Å². The number of fused-ring (bicyclic) bond motifs is 3. The maximum absolute atomic E-state index is 12.6. The number of hydrogen-bond donors (Lipinski definition) is 0. The van der Waals surface area contributed by atoms with Gasteiger partial charge in [-0.25, -0.2) is 4.79 Å². The number of rotatable bonds is 2. The summed E-state index contributed by atoms with van der Waals surface area (Å²) in [5, 5.41) is 1.29. The number of amides is 1. The van der Waals surface area contributed by atoms with Crippen molar-refractivity contribution in [3.05, 3.63) is 28.8 Å². The molecule has 6 nitrogen and oxygen atoms in total. The Balaban J connectivity index is 1.46. The first-order valence-electron chi connectivity index (χ1n) is 10.2. The van der Waals surface area contributed by atoms with Crippen LogP contribution in [0.1, 0.15) is 53.0 Å². The fourth-order valence-electron chi connectivity index (χ4n) is 4.09. The summed E-state index contributed by atoms with van der Waals surface area (Å²) in [5.74, 6) is 0.608. The Hall–Kier alpha value is -1.99. The van der Waals surface area contributed by atoms with Crippen molar-refractivity contribution in [2.45, 2.75) is 77.9 Å². The van der Waals surface area contributed by atoms with Crippen molar-refractivity contribution in [3.8, 4) is 21.5 Å². The van der Waals surface area contributed by atoms with E-state index in [1.165, 1.54) is 11.3 Å². The largest absolute Gasteiger partial charge is 0.472 e. The zero-order valence-electron chi connectivity index (χ0n) is 17.9. The molecule has 3 heterocycles. The molecule has 2 aliphatic heterocycles. The number of ether oxygens (including phenoxy) is 3. The molecule has 0 aliphatic carbocycles. The summed E-state index contributed by atoms with van der Waals surface area (Å²) >= 11 is 7.59. The summed E-state index contributed by atoms with van der Waals surface area (Å²) in [4.78, 5) is 19.9. The van der Waals surface area contributed by atoms with Gasteiger partial charge in [0.15, 0.2) is 0 Å². The van der Waals surface area contributed by atoms with Crippen molar-refractivity contribution < 1.29 is 19.0 Å². The van der Waals surface area contributed by atoms with Gasteiger partial charge in [-0.15, -0.1) is 0 Å². The zero-order chi connectivity index (χ0) is 21.6. The SMILES string of the molecule is CC1CC(Oc2nc3c(s2)-c2ccc(Cl)cc2CO3)CC(C)N1C(=O)OC(C)(C)C. The fourth-order valence-corrected chi connectivity index (χ4v) is 5.27. The first-order valence-corrected chi connectivity index (χ1v) is 11.4. The van der Waals surface area contributed by atoms with Gasteiger partial charge in [0.05, 0.1) is 0 Å². The monoisotopic (exact) mass is 450 g/mol. The number of thiazole rings is 1. The molecule has 1 fully saturated rings. The van der Waals surface area contributed by atoms with Crippen LogP contribution in [0.3, 0.4) is 0 Å². The highest BCUT2D eigenvalue weighted by Crippen LogP contribution is 2.45. The second kappa shape index (κ2) is 7.93. The molecule has 8 heteroatoms. The van der Waals surface area contributed by atoms with Crippen molar-refractivity contribution in [1.29, 1.82) is 0 Å². The van der Waals surface area contributed by atoms with Crippen LogP contribution in [0.5, 0.6) is 11.1 Å². The van der Waals surface area contributed by atoms with Crippen molar-refractivity contribution in [3.63, 3.8) is 0 Å². The maximum atomic E-state index is 12.6. The van der Waals surface area contributed by atoms with Crippen LogP contribution < -0.4 is 9.47 Å². The van der Waals surface area contributed by atoms with Gasteiger partial charge in [0, 0.05) is 35.5 Å². The van der Waals surface area contributed by atoms with Crippen molar-refractivity contribution >= 4 is 29.0 Å². The van der Waals surface area contributed by atoms with Gasteiger partial charge in [0.1, 0.15) is 23.2 Å². The molecule has 2 aromatic rings. The molecule has 0 spiro atoms. The number of carbonyl (C=O) groups excluding carboxylic acids is 1. The molecule has 4 rings (SSSR count). The topological polar surface area (TPSA) is 60.9 Å². The van der Waals surface area contributed by atoms with Crippen molar-refractivity contribution in [2.24, 2.45) is 0 Å². The number of nitrogens with zero attached hydrogens (tertiary/aromatic N) is 2. The number of halogens is 1. The number of carbonyl (C=O) groups is 1. The van der Waals surface area contributed by atoms with Crippen LogP contribution in [0.15, 0.2) is 18.2 Å². The van der Waals surface area contributed by atoms with E-state index in [0.717, 1.165) is 28.8 Å². The average molecular weight is 451 g/mol. The van der Waals surface area contributed by atoms with Gasteiger partial charge < -0.3 is 19.1 Å². The molecule has 1 aromatic carbocycles. The fraction of sp³-hybridized carbons (Fsp3) is 0.545. The number of benzene rings is 1. The van der Waals surface area contributed by atoms with Crippen LogP contribution >= 0.6 is 22.9 Å². The second-order valence-electron chi connectivity index (χ2n) is 9.00. The highest BCUT2D eigenvalue weighted by molar-refractivity contribution is 7.17. The maximum Gasteiger partial charge on any atom is 0.410 e. The molecule has 2 aliphatic rings. The summed E-state index contributed by atoms with van der Waals surface area (Å²) in [6.45, 7) is 10.2. The molecule has 30 heavy (non-hydrogen) atoms. The highest BCUT2D eigenvalue weighted by Gasteiger charge is 2.38. The van der Waals surface area contributed by atoms with E-state index in [9.17, 15) is 4.79 Å². The Bertz CT molecular complexity index is 943. The van der Waals surface area contributed by atoms with E-state index in [1.807, 2.05) is 57.7 Å². The lowest BCUT2D eigenvalue weighted by molar-refractivity contribution is -0.0180. The molecule has 1 aromatic heterocycles. The molecule has 2 atom stereocenters. The van der Waals surface area contributed by atoms with E-state index in [0.29, 0.717) is 22.7 Å². The molecule has 162 valence electrons. The van der Waals surface area contributed by atoms with Crippen LogP contribution in [0.25, 0.3) is 10.4 Å². The van der Waals surface area contributed by atoms with Gasteiger partial charge in [-0.05, 0) is 52.3 Å². The van der Waals surface area contributed by atoms with Gasteiger partial charge in [0.2, 0.25) is 5.88 Å². The van der Waals surface area contributed by atoms with Gasteiger partial charge >= 0.3 is 6.09 Å². The van der Waals surface area contributed by atoms with Crippen LogP contribution in [0, 0.1) is 0 Å². The van der Waals surface area contributed by atoms with Gasteiger partial charge in [-0.3, -0.25) is 0 Å². The lowest BCUT2D eigenvalue weighted by Crippen LogP contribution is -2.53. The van der Waals surface area contributed by atoms with E-state index < -0.39 is 5.60 Å². The Kier molecular flexibility index (Phi) is 5.62. The smallest absolute Gasteiger partial charge is 0.410 e. The summed E-state index contributed by atoms with van der Waals surface area (Å²) < 4.78 is 17.6. The summed E-state index contributed by atoms with van der Waals surface area (Å²) in [7, 11) is 0. The third-order valence-electron chi connectivity index (χ3n) is 5.28.